The van der Waals surface area contributed by atoms with E-state index in [9.17, 15) is 4.79 Å². The second kappa shape index (κ2) is 7.00. The minimum absolute atomic E-state index is 0.0118. The SMILES string of the molecule is Cc1nc2ccccc2n1CCNC(=O)C1COc2ccc(Cl)cc2C1. The number of aromatic nitrogens is 2. The predicted molar refractivity (Wildman–Crippen MR) is 102 cm³/mol. The molecular formula is C20H20ClN3O2. The standard InChI is InChI=1S/C20H20ClN3O2/c1-13-23-17-4-2-3-5-18(17)24(13)9-8-22-20(25)15-10-14-11-16(21)6-7-19(14)26-12-15/h2-7,11,15H,8-10,12H2,1H3,(H,22,25). The highest BCUT2D eigenvalue weighted by Gasteiger charge is 2.26. The number of rotatable bonds is 4. The molecule has 0 aliphatic carbocycles. The maximum absolute atomic E-state index is 12.5. The quantitative estimate of drug-likeness (QED) is 0.767. The van der Waals surface area contributed by atoms with E-state index in [0.29, 0.717) is 31.1 Å². The fourth-order valence-electron chi connectivity index (χ4n) is 3.44. The molecule has 1 aromatic heterocycles. The lowest BCUT2D eigenvalue weighted by Gasteiger charge is -2.24. The molecule has 0 saturated heterocycles. The van der Waals surface area contributed by atoms with Gasteiger partial charge in [-0.3, -0.25) is 4.79 Å². The van der Waals surface area contributed by atoms with E-state index < -0.39 is 0 Å². The molecule has 1 amide bonds. The normalized spacial score (nSPS) is 16.2. The Balaban J connectivity index is 1.38. The van der Waals surface area contributed by atoms with Gasteiger partial charge < -0.3 is 14.6 Å². The molecule has 6 heteroatoms. The van der Waals surface area contributed by atoms with Crippen LogP contribution in [0, 0.1) is 12.8 Å². The van der Waals surface area contributed by atoms with Crippen molar-refractivity contribution < 1.29 is 9.53 Å². The number of hydrogen-bond acceptors (Lipinski definition) is 3. The first-order chi connectivity index (χ1) is 12.6. The van der Waals surface area contributed by atoms with Gasteiger partial charge in [-0.15, -0.1) is 0 Å². The van der Waals surface area contributed by atoms with Crippen LogP contribution in [-0.4, -0.2) is 28.6 Å². The number of aryl methyl sites for hydroxylation is 1. The van der Waals surface area contributed by atoms with Gasteiger partial charge in [-0.25, -0.2) is 4.98 Å². The van der Waals surface area contributed by atoms with Crippen molar-refractivity contribution in [1.29, 1.82) is 0 Å². The average molecular weight is 370 g/mol. The van der Waals surface area contributed by atoms with Crippen LogP contribution >= 0.6 is 11.6 Å². The number of benzene rings is 2. The monoisotopic (exact) mass is 369 g/mol. The Labute approximate surface area is 156 Å². The lowest BCUT2D eigenvalue weighted by Crippen LogP contribution is -2.38. The summed E-state index contributed by atoms with van der Waals surface area (Å²) in [7, 11) is 0. The number of halogens is 1. The van der Waals surface area contributed by atoms with Gasteiger partial charge in [0.05, 0.1) is 17.0 Å². The molecule has 0 bridgehead atoms. The van der Waals surface area contributed by atoms with Gasteiger partial charge in [-0.2, -0.15) is 0 Å². The van der Waals surface area contributed by atoms with Crippen molar-refractivity contribution in [1.82, 2.24) is 14.9 Å². The molecule has 3 aromatic rings. The van der Waals surface area contributed by atoms with E-state index in [4.69, 9.17) is 16.3 Å². The largest absolute Gasteiger partial charge is 0.492 e. The van der Waals surface area contributed by atoms with Gasteiger partial charge in [0.25, 0.3) is 0 Å². The lowest BCUT2D eigenvalue weighted by molar-refractivity contribution is -0.126. The van der Waals surface area contributed by atoms with Crippen LogP contribution in [0.15, 0.2) is 42.5 Å². The summed E-state index contributed by atoms with van der Waals surface area (Å²) in [5, 5.41) is 3.69. The maximum atomic E-state index is 12.5. The zero-order valence-electron chi connectivity index (χ0n) is 14.5. The Hall–Kier alpha value is -2.53. The number of carbonyl (C=O) groups excluding carboxylic acids is 1. The predicted octanol–water partition coefficient (Wildman–Crippen LogP) is 3.37. The third-order valence-electron chi connectivity index (χ3n) is 4.78. The third-order valence-corrected chi connectivity index (χ3v) is 5.01. The first-order valence-corrected chi connectivity index (χ1v) is 9.10. The molecule has 26 heavy (non-hydrogen) atoms. The van der Waals surface area contributed by atoms with E-state index in [2.05, 4.69) is 14.9 Å². The Kier molecular flexibility index (Phi) is 4.55. The van der Waals surface area contributed by atoms with Crippen LogP contribution in [0.4, 0.5) is 0 Å². The highest BCUT2D eigenvalue weighted by atomic mass is 35.5. The van der Waals surface area contributed by atoms with Crippen molar-refractivity contribution in [3.8, 4) is 5.75 Å². The molecule has 5 nitrogen and oxygen atoms in total. The molecule has 1 atom stereocenters. The maximum Gasteiger partial charge on any atom is 0.226 e. The van der Waals surface area contributed by atoms with E-state index in [-0.39, 0.29) is 11.8 Å². The van der Waals surface area contributed by atoms with Crippen LogP contribution in [0.5, 0.6) is 5.75 Å². The molecular weight excluding hydrogens is 350 g/mol. The number of imidazole rings is 1. The van der Waals surface area contributed by atoms with E-state index in [1.807, 2.05) is 43.3 Å². The van der Waals surface area contributed by atoms with Crippen LogP contribution in [-0.2, 0) is 17.8 Å². The highest BCUT2D eigenvalue weighted by Crippen LogP contribution is 2.29. The Morgan fingerprint density at radius 3 is 3.08 bits per heavy atom. The van der Waals surface area contributed by atoms with E-state index in [1.165, 1.54) is 0 Å². The Bertz CT molecular complexity index is 967. The van der Waals surface area contributed by atoms with Gasteiger partial charge in [0, 0.05) is 18.1 Å². The zero-order chi connectivity index (χ0) is 18.1. The molecule has 4 rings (SSSR count). The fourth-order valence-corrected chi connectivity index (χ4v) is 3.64. The van der Waals surface area contributed by atoms with Crippen LogP contribution in [0.2, 0.25) is 5.02 Å². The van der Waals surface area contributed by atoms with Gasteiger partial charge in [0.1, 0.15) is 18.2 Å². The summed E-state index contributed by atoms with van der Waals surface area (Å²) in [6.07, 6.45) is 0.648. The molecule has 134 valence electrons. The molecule has 0 spiro atoms. The highest BCUT2D eigenvalue weighted by molar-refractivity contribution is 6.30. The minimum atomic E-state index is -0.193. The summed E-state index contributed by atoms with van der Waals surface area (Å²) in [6, 6.07) is 13.6. The number of amides is 1. The summed E-state index contributed by atoms with van der Waals surface area (Å²) < 4.78 is 7.83. The summed E-state index contributed by atoms with van der Waals surface area (Å²) in [5.74, 6) is 1.59. The smallest absolute Gasteiger partial charge is 0.226 e. The number of hydrogen-bond donors (Lipinski definition) is 1. The first-order valence-electron chi connectivity index (χ1n) is 8.72. The summed E-state index contributed by atoms with van der Waals surface area (Å²) in [5.41, 5.74) is 3.05. The molecule has 1 aliphatic rings. The number of fused-ring (bicyclic) bond motifs is 2. The molecule has 2 aromatic carbocycles. The number of carbonyl (C=O) groups is 1. The lowest BCUT2D eigenvalue weighted by atomic mass is 9.96. The topological polar surface area (TPSA) is 56.2 Å². The second-order valence-electron chi connectivity index (χ2n) is 6.55. The van der Waals surface area contributed by atoms with Gasteiger partial charge in [0.15, 0.2) is 0 Å². The van der Waals surface area contributed by atoms with Crippen molar-refractivity contribution in [2.45, 2.75) is 19.9 Å². The number of para-hydroxylation sites is 2. The second-order valence-corrected chi connectivity index (χ2v) is 6.99. The van der Waals surface area contributed by atoms with Crippen molar-refractivity contribution in [2.24, 2.45) is 5.92 Å². The molecule has 1 aliphatic heterocycles. The van der Waals surface area contributed by atoms with Crippen LogP contribution < -0.4 is 10.1 Å². The van der Waals surface area contributed by atoms with Crippen molar-refractivity contribution in [3.05, 3.63) is 58.9 Å². The zero-order valence-corrected chi connectivity index (χ0v) is 15.3. The Morgan fingerprint density at radius 1 is 1.35 bits per heavy atom. The molecule has 1 unspecified atom stereocenters. The van der Waals surface area contributed by atoms with Crippen LogP contribution in [0.1, 0.15) is 11.4 Å². The van der Waals surface area contributed by atoms with Gasteiger partial charge in [-0.1, -0.05) is 23.7 Å². The number of ether oxygens (including phenoxy) is 1. The molecule has 0 saturated carbocycles. The molecule has 0 fully saturated rings. The average Bonchev–Trinajstić information content (AvgIpc) is 2.96. The van der Waals surface area contributed by atoms with Gasteiger partial charge in [0.2, 0.25) is 5.91 Å². The van der Waals surface area contributed by atoms with Crippen LogP contribution in [0.25, 0.3) is 11.0 Å². The molecule has 1 N–H and O–H groups in total. The molecule has 0 radical (unpaired) electrons. The van der Waals surface area contributed by atoms with E-state index in [1.54, 1.807) is 6.07 Å². The van der Waals surface area contributed by atoms with Crippen molar-refractivity contribution in [3.63, 3.8) is 0 Å². The van der Waals surface area contributed by atoms with Gasteiger partial charge >= 0.3 is 0 Å². The van der Waals surface area contributed by atoms with E-state index >= 15 is 0 Å². The summed E-state index contributed by atoms with van der Waals surface area (Å²) in [6.45, 7) is 3.62. The third kappa shape index (κ3) is 3.27. The van der Waals surface area contributed by atoms with Crippen molar-refractivity contribution >= 4 is 28.5 Å². The summed E-state index contributed by atoms with van der Waals surface area (Å²) >= 11 is 6.04. The Morgan fingerprint density at radius 2 is 2.19 bits per heavy atom. The number of nitrogens with zero attached hydrogens (tertiary/aromatic N) is 2. The van der Waals surface area contributed by atoms with Gasteiger partial charge in [-0.05, 0) is 49.2 Å². The van der Waals surface area contributed by atoms with Crippen LogP contribution in [0.3, 0.4) is 0 Å². The fraction of sp³-hybridized carbons (Fsp3) is 0.300. The van der Waals surface area contributed by atoms with Crippen molar-refractivity contribution in [2.75, 3.05) is 13.2 Å². The van der Waals surface area contributed by atoms with E-state index in [0.717, 1.165) is 28.2 Å². The number of nitrogens with one attached hydrogen (secondary N) is 1. The minimum Gasteiger partial charge on any atom is -0.492 e. The summed E-state index contributed by atoms with van der Waals surface area (Å²) in [4.78, 5) is 17.1. The molecule has 2 heterocycles. The first kappa shape index (κ1) is 16.9.